The van der Waals surface area contributed by atoms with E-state index in [1.54, 1.807) is 11.8 Å². The monoisotopic (exact) mass is 199 g/mol. The summed E-state index contributed by atoms with van der Waals surface area (Å²) in [6.07, 6.45) is 1.19. The first-order valence-electron chi connectivity index (χ1n) is 5.19. The molecule has 1 amide bonds. The Morgan fingerprint density at radius 3 is 2.79 bits per heavy atom. The molecular formula is C10H21N3O. The highest BCUT2D eigenvalue weighted by Gasteiger charge is 2.23. The SMILES string of the molecule is C[C@@H](N)C(=O)N(C)CC1CCN(C)C1. The van der Waals surface area contributed by atoms with Crippen LogP contribution in [0.25, 0.3) is 0 Å². The molecule has 0 aromatic heterocycles. The molecule has 2 N–H and O–H groups in total. The molecule has 14 heavy (non-hydrogen) atoms. The summed E-state index contributed by atoms with van der Waals surface area (Å²) in [5.41, 5.74) is 5.54. The van der Waals surface area contributed by atoms with Crippen molar-refractivity contribution in [2.45, 2.75) is 19.4 Å². The van der Waals surface area contributed by atoms with Crippen molar-refractivity contribution in [3.8, 4) is 0 Å². The summed E-state index contributed by atoms with van der Waals surface area (Å²) in [5.74, 6) is 0.659. The third-order valence-corrected chi connectivity index (χ3v) is 2.79. The Kier molecular flexibility index (Phi) is 3.89. The van der Waals surface area contributed by atoms with Crippen molar-refractivity contribution >= 4 is 5.91 Å². The highest BCUT2D eigenvalue weighted by Crippen LogP contribution is 2.15. The highest BCUT2D eigenvalue weighted by atomic mass is 16.2. The van der Waals surface area contributed by atoms with Gasteiger partial charge in [-0.1, -0.05) is 0 Å². The fourth-order valence-corrected chi connectivity index (χ4v) is 2.00. The molecule has 0 saturated carbocycles. The van der Waals surface area contributed by atoms with Gasteiger partial charge in [0.1, 0.15) is 0 Å². The molecule has 1 rings (SSSR count). The van der Waals surface area contributed by atoms with Crippen LogP contribution in [-0.2, 0) is 4.79 Å². The molecule has 82 valence electrons. The molecule has 4 heteroatoms. The molecule has 0 aromatic carbocycles. The van der Waals surface area contributed by atoms with Gasteiger partial charge in [0.2, 0.25) is 5.91 Å². The third-order valence-electron chi connectivity index (χ3n) is 2.79. The average Bonchev–Trinajstić information content (AvgIpc) is 2.49. The van der Waals surface area contributed by atoms with Gasteiger partial charge >= 0.3 is 0 Å². The predicted octanol–water partition coefficient (Wildman–Crippen LogP) is -0.256. The largest absolute Gasteiger partial charge is 0.344 e. The Labute approximate surface area is 86.0 Å². The Morgan fingerprint density at radius 1 is 1.71 bits per heavy atom. The van der Waals surface area contributed by atoms with Crippen molar-refractivity contribution in [1.82, 2.24) is 9.80 Å². The molecule has 1 fully saturated rings. The second-order valence-corrected chi connectivity index (χ2v) is 4.42. The summed E-state index contributed by atoms with van der Waals surface area (Å²) in [4.78, 5) is 15.6. The molecule has 4 nitrogen and oxygen atoms in total. The molecule has 0 bridgehead atoms. The lowest BCUT2D eigenvalue weighted by Crippen LogP contribution is -2.42. The van der Waals surface area contributed by atoms with Crippen LogP contribution in [0.1, 0.15) is 13.3 Å². The number of nitrogens with two attached hydrogens (primary N) is 1. The molecular weight excluding hydrogens is 178 g/mol. The lowest BCUT2D eigenvalue weighted by atomic mass is 10.1. The molecule has 1 saturated heterocycles. The predicted molar refractivity (Wildman–Crippen MR) is 56.9 cm³/mol. The number of carbonyl (C=O) groups is 1. The Hall–Kier alpha value is -0.610. The summed E-state index contributed by atoms with van der Waals surface area (Å²) in [6.45, 7) is 4.81. The van der Waals surface area contributed by atoms with Gasteiger partial charge in [0, 0.05) is 20.1 Å². The zero-order valence-corrected chi connectivity index (χ0v) is 9.36. The van der Waals surface area contributed by atoms with Crippen LogP contribution < -0.4 is 5.73 Å². The first kappa shape index (κ1) is 11.5. The topological polar surface area (TPSA) is 49.6 Å². The van der Waals surface area contributed by atoms with E-state index >= 15 is 0 Å². The fourth-order valence-electron chi connectivity index (χ4n) is 2.00. The summed E-state index contributed by atoms with van der Waals surface area (Å²) in [5, 5.41) is 0. The second-order valence-electron chi connectivity index (χ2n) is 4.42. The van der Waals surface area contributed by atoms with E-state index in [1.165, 1.54) is 6.42 Å². The number of hydrogen-bond acceptors (Lipinski definition) is 3. The quantitative estimate of drug-likeness (QED) is 0.681. The van der Waals surface area contributed by atoms with E-state index in [9.17, 15) is 4.79 Å². The Bertz CT molecular complexity index is 206. The van der Waals surface area contributed by atoms with Gasteiger partial charge in [-0.05, 0) is 32.9 Å². The maximum Gasteiger partial charge on any atom is 0.238 e. The van der Waals surface area contributed by atoms with Gasteiger partial charge < -0.3 is 15.5 Å². The first-order valence-corrected chi connectivity index (χ1v) is 5.19. The Balaban J connectivity index is 2.33. The van der Waals surface area contributed by atoms with Gasteiger partial charge in [0.15, 0.2) is 0 Å². The molecule has 2 atom stereocenters. The number of carbonyl (C=O) groups excluding carboxylic acids is 1. The molecule has 0 aromatic rings. The highest BCUT2D eigenvalue weighted by molar-refractivity contribution is 5.80. The smallest absolute Gasteiger partial charge is 0.238 e. The molecule has 1 aliphatic heterocycles. The minimum atomic E-state index is -0.376. The second kappa shape index (κ2) is 4.75. The van der Waals surface area contributed by atoms with Gasteiger partial charge in [-0.2, -0.15) is 0 Å². The molecule has 1 unspecified atom stereocenters. The number of likely N-dealkylation sites (N-methyl/N-ethyl adjacent to an activating group) is 1. The van der Waals surface area contributed by atoms with Crippen molar-refractivity contribution in [2.24, 2.45) is 11.7 Å². The van der Waals surface area contributed by atoms with Crippen LogP contribution in [0.15, 0.2) is 0 Å². The van der Waals surface area contributed by atoms with Gasteiger partial charge in [0.05, 0.1) is 6.04 Å². The van der Waals surface area contributed by atoms with Crippen molar-refractivity contribution < 1.29 is 4.79 Å². The zero-order valence-electron chi connectivity index (χ0n) is 9.36. The molecule has 1 heterocycles. The number of amides is 1. The van der Waals surface area contributed by atoms with Crippen LogP contribution in [0.4, 0.5) is 0 Å². The van der Waals surface area contributed by atoms with E-state index in [-0.39, 0.29) is 11.9 Å². The zero-order chi connectivity index (χ0) is 10.7. The van der Waals surface area contributed by atoms with Gasteiger partial charge in [-0.25, -0.2) is 0 Å². The fraction of sp³-hybridized carbons (Fsp3) is 0.900. The number of rotatable bonds is 3. The van der Waals surface area contributed by atoms with E-state index in [1.807, 2.05) is 7.05 Å². The summed E-state index contributed by atoms with van der Waals surface area (Å²) in [6, 6.07) is -0.376. The van der Waals surface area contributed by atoms with Gasteiger partial charge in [0.25, 0.3) is 0 Å². The van der Waals surface area contributed by atoms with Crippen molar-refractivity contribution in [3.63, 3.8) is 0 Å². The van der Waals surface area contributed by atoms with Crippen LogP contribution in [0.5, 0.6) is 0 Å². The first-order chi connectivity index (χ1) is 6.50. The van der Waals surface area contributed by atoms with Crippen molar-refractivity contribution in [2.75, 3.05) is 33.7 Å². The van der Waals surface area contributed by atoms with Gasteiger partial charge in [-0.3, -0.25) is 4.79 Å². The maximum absolute atomic E-state index is 11.5. The number of hydrogen-bond donors (Lipinski definition) is 1. The van der Waals surface area contributed by atoms with E-state index in [0.717, 1.165) is 19.6 Å². The molecule has 0 radical (unpaired) electrons. The van der Waals surface area contributed by atoms with Crippen LogP contribution in [0.2, 0.25) is 0 Å². The van der Waals surface area contributed by atoms with Crippen LogP contribution in [-0.4, -0.2) is 55.5 Å². The minimum Gasteiger partial charge on any atom is -0.344 e. The van der Waals surface area contributed by atoms with Crippen LogP contribution >= 0.6 is 0 Å². The van der Waals surface area contributed by atoms with Crippen LogP contribution in [0, 0.1) is 5.92 Å². The molecule has 0 spiro atoms. The van der Waals surface area contributed by atoms with Crippen LogP contribution in [0.3, 0.4) is 0 Å². The lowest BCUT2D eigenvalue weighted by Gasteiger charge is -2.22. The van der Waals surface area contributed by atoms with E-state index in [4.69, 9.17) is 5.73 Å². The normalized spacial score (nSPS) is 25.0. The Morgan fingerprint density at radius 2 is 2.36 bits per heavy atom. The maximum atomic E-state index is 11.5. The van der Waals surface area contributed by atoms with E-state index in [2.05, 4.69) is 11.9 Å². The summed E-state index contributed by atoms with van der Waals surface area (Å²) in [7, 11) is 3.96. The molecule has 0 aliphatic carbocycles. The van der Waals surface area contributed by atoms with Crippen molar-refractivity contribution in [1.29, 1.82) is 0 Å². The molecule has 1 aliphatic rings. The minimum absolute atomic E-state index is 0.0413. The standard InChI is InChI=1S/C10H21N3O/c1-8(11)10(14)13(3)7-9-4-5-12(2)6-9/h8-9H,4-7,11H2,1-3H3/t8-,9?/m1/s1. The lowest BCUT2D eigenvalue weighted by molar-refractivity contribution is -0.131. The third kappa shape index (κ3) is 2.96. The van der Waals surface area contributed by atoms with Crippen molar-refractivity contribution in [3.05, 3.63) is 0 Å². The van der Waals surface area contributed by atoms with E-state index in [0.29, 0.717) is 5.92 Å². The number of likely N-dealkylation sites (tertiary alicyclic amines) is 1. The summed E-state index contributed by atoms with van der Waals surface area (Å²) >= 11 is 0. The van der Waals surface area contributed by atoms with Gasteiger partial charge in [-0.15, -0.1) is 0 Å². The average molecular weight is 199 g/mol. The number of nitrogens with zero attached hydrogens (tertiary/aromatic N) is 2. The summed E-state index contributed by atoms with van der Waals surface area (Å²) < 4.78 is 0. The van der Waals surface area contributed by atoms with E-state index < -0.39 is 0 Å².